The van der Waals surface area contributed by atoms with Gasteiger partial charge in [-0.1, -0.05) is 54.6 Å². The van der Waals surface area contributed by atoms with Gasteiger partial charge in [0.05, 0.1) is 13.2 Å². The Morgan fingerprint density at radius 2 is 1.66 bits per heavy atom. The van der Waals surface area contributed by atoms with Gasteiger partial charge in [0.2, 0.25) is 5.91 Å². The molecule has 1 aliphatic rings. The molecule has 292 valence electrons. The van der Waals surface area contributed by atoms with Crippen molar-refractivity contribution in [3.05, 3.63) is 125 Å². The highest BCUT2D eigenvalue weighted by Crippen LogP contribution is 2.44. The molecule has 6 rings (SSSR count). The number of ketones is 1. The van der Waals surface area contributed by atoms with Crippen LogP contribution in [0, 0.1) is 0 Å². The van der Waals surface area contributed by atoms with Crippen LogP contribution in [-0.4, -0.2) is 66.7 Å². The number of H-pyrrole nitrogens is 1. The number of aromatic nitrogens is 1. The molecule has 3 atom stereocenters. The van der Waals surface area contributed by atoms with Gasteiger partial charge in [-0.15, -0.1) is 0 Å². The number of nitrogens with zero attached hydrogens (tertiary/aromatic N) is 1. The Morgan fingerprint density at radius 1 is 0.964 bits per heavy atom. The SMILES string of the molecule is COc1ccc(C(CC(=O)NCC(c2ccc(N(C)C)cc2)c2c[nH]c3ccccc23)c2c(O)cc3c(c2O)C(=O)OC(C)CCCC(=O)CCCC=C3)cc1. The predicted octanol–water partition coefficient (Wildman–Crippen LogP) is 8.61. The highest BCUT2D eigenvalue weighted by Gasteiger charge is 2.31. The fourth-order valence-corrected chi connectivity index (χ4v) is 7.51. The summed E-state index contributed by atoms with van der Waals surface area (Å²) >= 11 is 0. The fourth-order valence-electron chi connectivity index (χ4n) is 7.51. The number of ether oxygens (including phenoxy) is 2. The second-order valence-corrected chi connectivity index (χ2v) is 14.7. The maximum atomic E-state index is 14.2. The van der Waals surface area contributed by atoms with Crippen LogP contribution in [0.2, 0.25) is 0 Å². The lowest BCUT2D eigenvalue weighted by Gasteiger charge is -2.24. The quantitative estimate of drug-likeness (QED) is 0.104. The number of fused-ring (bicyclic) bond motifs is 2. The largest absolute Gasteiger partial charge is 0.507 e. The monoisotopic (exact) mass is 757 g/mol. The summed E-state index contributed by atoms with van der Waals surface area (Å²) in [5, 5.41) is 27.9. The Kier molecular flexibility index (Phi) is 12.8. The van der Waals surface area contributed by atoms with Gasteiger partial charge in [0.15, 0.2) is 0 Å². The van der Waals surface area contributed by atoms with E-state index in [0.29, 0.717) is 49.8 Å². The number of benzene rings is 4. The number of rotatable bonds is 10. The van der Waals surface area contributed by atoms with E-state index in [1.807, 2.05) is 49.5 Å². The standard InChI is InChI=1S/C46H51N3O7/c1-29-11-10-14-34(50)13-7-5-6-12-32-25-41(51)44(45(53)43(32)46(54)56-29)37(30-19-23-35(55-4)24-20-30)26-42(52)48-27-38(31-17-21-33(22-18-31)49(2)3)39-28-47-40-16-9-8-15-36(39)40/h6,8-9,12,15-25,28-29,37-38,47,51,53H,5,7,10-11,13-14,26-27H2,1-4H3,(H,48,52). The molecule has 1 amide bonds. The van der Waals surface area contributed by atoms with Crippen molar-refractivity contribution in [2.45, 2.75) is 69.8 Å². The molecule has 0 saturated carbocycles. The first-order chi connectivity index (χ1) is 27.0. The number of allylic oxidation sites excluding steroid dienone is 1. The molecule has 4 aromatic carbocycles. The number of para-hydroxylation sites is 1. The van der Waals surface area contributed by atoms with Crippen molar-refractivity contribution in [2.75, 3.05) is 32.6 Å². The zero-order valence-electron chi connectivity index (χ0n) is 32.5. The molecule has 5 aromatic rings. The van der Waals surface area contributed by atoms with E-state index in [0.717, 1.165) is 27.7 Å². The molecule has 10 heteroatoms. The molecule has 3 unspecified atom stereocenters. The molecule has 0 aliphatic carbocycles. The van der Waals surface area contributed by atoms with Gasteiger partial charge < -0.3 is 34.9 Å². The van der Waals surface area contributed by atoms with E-state index in [4.69, 9.17) is 9.47 Å². The first-order valence-electron chi connectivity index (χ1n) is 19.3. The van der Waals surface area contributed by atoms with Crippen LogP contribution >= 0.6 is 0 Å². The van der Waals surface area contributed by atoms with Crippen LogP contribution in [0.25, 0.3) is 17.0 Å². The first-order valence-corrected chi connectivity index (χ1v) is 19.3. The van der Waals surface area contributed by atoms with Crippen LogP contribution in [0.15, 0.2) is 91.1 Å². The summed E-state index contributed by atoms with van der Waals surface area (Å²) in [6.45, 7) is 2.03. The van der Waals surface area contributed by atoms with Gasteiger partial charge >= 0.3 is 5.97 Å². The van der Waals surface area contributed by atoms with Gasteiger partial charge in [0, 0.05) is 80.1 Å². The fraction of sp³-hybridized carbons (Fsp3) is 0.326. The number of aromatic hydroxyl groups is 2. The molecule has 56 heavy (non-hydrogen) atoms. The van der Waals surface area contributed by atoms with Gasteiger partial charge in [-0.05, 0) is 91.3 Å². The minimum Gasteiger partial charge on any atom is -0.507 e. The number of cyclic esters (lactones) is 1. The van der Waals surface area contributed by atoms with Crippen molar-refractivity contribution >= 4 is 40.3 Å². The number of nitrogens with one attached hydrogen (secondary N) is 2. The van der Waals surface area contributed by atoms with Crippen molar-refractivity contribution in [1.82, 2.24) is 10.3 Å². The maximum Gasteiger partial charge on any atom is 0.342 e. The number of Topliss-reactive ketones (excluding diaryl/α,β-unsaturated/α-hetero) is 1. The van der Waals surface area contributed by atoms with E-state index in [2.05, 4.69) is 40.6 Å². The van der Waals surface area contributed by atoms with Crippen LogP contribution in [0.4, 0.5) is 5.69 Å². The lowest BCUT2D eigenvalue weighted by atomic mass is 9.84. The Morgan fingerprint density at radius 3 is 2.39 bits per heavy atom. The van der Waals surface area contributed by atoms with Crippen molar-refractivity contribution in [2.24, 2.45) is 0 Å². The summed E-state index contributed by atoms with van der Waals surface area (Å²) in [6, 6.07) is 24.8. The van der Waals surface area contributed by atoms with Crippen LogP contribution < -0.4 is 15.0 Å². The van der Waals surface area contributed by atoms with Crippen molar-refractivity contribution in [3.8, 4) is 17.2 Å². The van der Waals surface area contributed by atoms with Gasteiger partial charge in [-0.25, -0.2) is 4.79 Å². The number of esters is 1. The number of hydrogen-bond donors (Lipinski definition) is 4. The number of hydrogen-bond acceptors (Lipinski definition) is 8. The molecule has 10 nitrogen and oxygen atoms in total. The molecular formula is C46H51N3O7. The summed E-state index contributed by atoms with van der Waals surface area (Å²) in [4.78, 5) is 45.6. The van der Waals surface area contributed by atoms with E-state index in [1.165, 1.54) is 6.07 Å². The molecule has 0 saturated heterocycles. The number of carbonyl (C=O) groups is 3. The average Bonchev–Trinajstić information content (AvgIpc) is 3.61. The molecule has 0 radical (unpaired) electrons. The number of methoxy groups -OCH3 is 1. The van der Waals surface area contributed by atoms with Crippen LogP contribution in [0.1, 0.15) is 102 Å². The predicted molar refractivity (Wildman–Crippen MR) is 220 cm³/mol. The molecule has 0 fully saturated rings. The van der Waals surface area contributed by atoms with E-state index in [9.17, 15) is 24.6 Å². The van der Waals surface area contributed by atoms with E-state index < -0.39 is 23.7 Å². The van der Waals surface area contributed by atoms with E-state index in [-0.39, 0.29) is 53.0 Å². The lowest BCUT2D eigenvalue weighted by Crippen LogP contribution is -2.30. The Balaban J connectivity index is 1.35. The number of aromatic amines is 1. The number of carbonyl (C=O) groups excluding carboxylic acids is 3. The number of amides is 1. The Bertz CT molecular complexity index is 2190. The van der Waals surface area contributed by atoms with Crippen molar-refractivity contribution in [3.63, 3.8) is 0 Å². The number of phenolic OH excluding ortho intramolecular Hbond substituents is 2. The Labute approximate surface area is 328 Å². The van der Waals surface area contributed by atoms with E-state index in [1.54, 1.807) is 44.4 Å². The van der Waals surface area contributed by atoms with E-state index >= 15 is 0 Å². The summed E-state index contributed by atoms with van der Waals surface area (Å²) in [5.41, 5.74) is 4.98. The smallest absolute Gasteiger partial charge is 0.342 e. The minimum atomic E-state index is -0.856. The molecule has 2 heterocycles. The summed E-state index contributed by atoms with van der Waals surface area (Å²) in [5.74, 6) is -2.06. The maximum absolute atomic E-state index is 14.2. The molecule has 0 spiro atoms. The topological polar surface area (TPSA) is 141 Å². The third-order valence-corrected chi connectivity index (χ3v) is 10.6. The van der Waals surface area contributed by atoms with Crippen LogP contribution in [0.3, 0.4) is 0 Å². The Hall–Kier alpha value is -6.03. The zero-order valence-corrected chi connectivity index (χ0v) is 32.5. The first kappa shape index (κ1) is 39.7. The van der Waals surface area contributed by atoms with Gasteiger partial charge in [-0.3, -0.25) is 9.59 Å². The van der Waals surface area contributed by atoms with Gasteiger partial charge in [0.25, 0.3) is 0 Å². The molecular weight excluding hydrogens is 707 g/mol. The third kappa shape index (κ3) is 9.25. The average molecular weight is 758 g/mol. The second-order valence-electron chi connectivity index (χ2n) is 14.7. The highest BCUT2D eigenvalue weighted by molar-refractivity contribution is 5.98. The zero-order chi connectivity index (χ0) is 39.8. The van der Waals surface area contributed by atoms with Crippen LogP contribution in [-0.2, 0) is 14.3 Å². The van der Waals surface area contributed by atoms with Crippen LogP contribution in [0.5, 0.6) is 17.2 Å². The normalized spacial score (nSPS) is 16.3. The molecule has 0 bridgehead atoms. The van der Waals surface area contributed by atoms with Crippen molar-refractivity contribution < 1.29 is 34.1 Å². The molecule has 1 aliphatic heterocycles. The number of phenols is 2. The lowest BCUT2D eigenvalue weighted by molar-refractivity contribution is -0.121. The second kappa shape index (κ2) is 18.1. The minimum absolute atomic E-state index is 0.0428. The van der Waals surface area contributed by atoms with Crippen molar-refractivity contribution in [1.29, 1.82) is 0 Å². The highest BCUT2D eigenvalue weighted by atomic mass is 16.5. The number of anilines is 1. The summed E-state index contributed by atoms with van der Waals surface area (Å²) < 4.78 is 11.2. The molecule has 4 N–H and O–H groups in total. The van der Waals surface area contributed by atoms with Gasteiger partial charge in [-0.2, -0.15) is 0 Å². The summed E-state index contributed by atoms with van der Waals surface area (Å²) in [6.07, 6.45) is 7.97. The molecule has 1 aromatic heterocycles. The summed E-state index contributed by atoms with van der Waals surface area (Å²) in [7, 11) is 5.54. The third-order valence-electron chi connectivity index (χ3n) is 10.6. The van der Waals surface area contributed by atoms with Gasteiger partial charge in [0.1, 0.15) is 28.6 Å².